The van der Waals surface area contributed by atoms with Gasteiger partial charge in [-0.15, -0.1) is 11.6 Å². The van der Waals surface area contributed by atoms with Crippen molar-refractivity contribution in [3.63, 3.8) is 0 Å². The van der Waals surface area contributed by atoms with Crippen LogP contribution in [0.4, 0.5) is 0 Å². The number of fused-ring (bicyclic) bond motifs is 1. The van der Waals surface area contributed by atoms with Crippen LogP contribution in [0.3, 0.4) is 0 Å². The van der Waals surface area contributed by atoms with Crippen molar-refractivity contribution in [3.05, 3.63) is 29.0 Å². The van der Waals surface area contributed by atoms with Crippen molar-refractivity contribution in [2.24, 2.45) is 0 Å². The van der Waals surface area contributed by atoms with E-state index in [0.717, 1.165) is 23.4 Å². The molecule has 1 unspecified atom stereocenters. The minimum absolute atomic E-state index is 0.414. The van der Waals surface area contributed by atoms with Gasteiger partial charge in [0.2, 0.25) is 0 Å². The van der Waals surface area contributed by atoms with E-state index in [2.05, 4.69) is 27.4 Å². The zero-order valence-corrected chi connectivity index (χ0v) is 13.2. The lowest BCUT2D eigenvalue weighted by Gasteiger charge is -2.25. The van der Waals surface area contributed by atoms with E-state index in [1.165, 1.54) is 25.9 Å². The smallest absolute Gasteiger partial charge is 0.124 e. The Labute approximate surface area is 129 Å². The summed E-state index contributed by atoms with van der Waals surface area (Å²) in [6, 6.07) is 6.42. The first kappa shape index (κ1) is 14.2. The normalized spacial score (nSPS) is 17.9. The number of para-hydroxylation sites is 1. The number of benzene rings is 1. The number of likely N-dealkylation sites (tertiary alicyclic amines) is 1. The fourth-order valence-electron chi connectivity index (χ4n) is 3.03. The van der Waals surface area contributed by atoms with Gasteiger partial charge in [0, 0.05) is 12.6 Å². The number of alkyl halides is 1. The van der Waals surface area contributed by atoms with Gasteiger partial charge in [-0.3, -0.25) is 4.90 Å². The first-order chi connectivity index (χ1) is 9.70. The van der Waals surface area contributed by atoms with Gasteiger partial charge in [-0.1, -0.05) is 17.7 Å². The molecule has 2 heterocycles. The van der Waals surface area contributed by atoms with E-state index in [4.69, 9.17) is 23.2 Å². The van der Waals surface area contributed by atoms with Crippen molar-refractivity contribution in [2.75, 3.05) is 13.1 Å². The summed E-state index contributed by atoms with van der Waals surface area (Å²) in [5.74, 6) is 1.32. The van der Waals surface area contributed by atoms with E-state index in [9.17, 15) is 0 Å². The molecule has 1 aliphatic heterocycles. The molecule has 1 atom stereocenters. The maximum atomic E-state index is 6.23. The van der Waals surface area contributed by atoms with E-state index >= 15 is 0 Å². The number of aromatic nitrogens is 2. The van der Waals surface area contributed by atoms with Gasteiger partial charge < -0.3 is 4.57 Å². The van der Waals surface area contributed by atoms with Gasteiger partial charge in [-0.2, -0.15) is 0 Å². The van der Waals surface area contributed by atoms with Crippen LogP contribution in [0, 0.1) is 0 Å². The van der Waals surface area contributed by atoms with Crippen molar-refractivity contribution in [2.45, 2.75) is 38.2 Å². The predicted octanol–water partition coefficient (Wildman–Crippen LogP) is 3.91. The van der Waals surface area contributed by atoms with Crippen molar-refractivity contribution >= 4 is 34.2 Å². The Morgan fingerprint density at radius 2 is 2.05 bits per heavy atom. The second-order valence-corrected chi connectivity index (χ2v) is 6.15. The molecular weight excluding hydrogens is 293 g/mol. The average molecular weight is 312 g/mol. The van der Waals surface area contributed by atoms with Crippen LogP contribution < -0.4 is 0 Å². The Morgan fingerprint density at radius 1 is 1.30 bits per heavy atom. The van der Waals surface area contributed by atoms with Gasteiger partial charge in [0.25, 0.3) is 0 Å². The zero-order valence-electron chi connectivity index (χ0n) is 11.6. The zero-order chi connectivity index (χ0) is 14.1. The van der Waals surface area contributed by atoms with Gasteiger partial charge in [0.15, 0.2) is 0 Å². The van der Waals surface area contributed by atoms with Crippen molar-refractivity contribution in [3.8, 4) is 0 Å². The molecule has 1 aromatic carbocycles. The van der Waals surface area contributed by atoms with Gasteiger partial charge >= 0.3 is 0 Å². The summed E-state index contributed by atoms with van der Waals surface area (Å²) in [6.45, 7) is 5.59. The fraction of sp³-hybridized carbons (Fsp3) is 0.533. The maximum Gasteiger partial charge on any atom is 0.124 e. The molecule has 0 N–H and O–H groups in total. The summed E-state index contributed by atoms with van der Waals surface area (Å²) in [5.41, 5.74) is 1.94. The molecule has 108 valence electrons. The Hall–Kier alpha value is -0.770. The monoisotopic (exact) mass is 311 g/mol. The van der Waals surface area contributed by atoms with Crippen LogP contribution in [0.2, 0.25) is 5.02 Å². The number of hydrogen-bond acceptors (Lipinski definition) is 2. The molecule has 1 fully saturated rings. The van der Waals surface area contributed by atoms with Crippen LogP contribution in [-0.4, -0.2) is 33.6 Å². The highest BCUT2D eigenvalue weighted by Crippen LogP contribution is 2.25. The number of halogens is 2. The second-order valence-electron chi connectivity index (χ2n) is 5.47. The lowest BCUT2D eigenvalue weighted by Crippen LogP contribution is -2.34. The van der Waals surface area contributed by atoms with E-state index in [1.54, 1.807) is 0 Å². The molecule has 0 spiro atoms. The van der Waals surface area contributed by atoms with Gasteiger partial charge in [-0.05, 0) is 45.0 Å². The highest BCUT2D eigenvalue weighted by molar-refractivity contribution is 6.35. The molecule has 1 aliphatic rings. The molecule has 3 rings (SSSR count). The average Bonchev–Trinajstić information content (AvgIpc) is 3.07. The standard InChI is InChI=1S/C15H19Cl2N3/c1-11(19-7-2-3-8-19)10-20-13-6-4-5-12(17)15(13)18-14(20)9-16/h4-6,11H,2-3,7-10H2,1H3. The third-order valence-corrected chi connectivity index (χ3v) is 4.68. The lowest BCUT2D eigenvalue weighted by atomic mass is 10.2. The number of nitrogens with zero attached hydrogens (tertiary/aromatic N) is 3. The van der Waals surface area contributed by atoms with Gasteiger partial charge in [0.05, 0.1) is 16.4 Å². The summed E-state index contributed by atoms with van der Waals surface area (Å²) in [4.78, 5) is 7.13. The molecule has 0 radical (unpaired) electrons. The van der Waals surface area contributed by atoms with E-state index < -0.39 is 0 Å². The molecular formula is C15H19Cl2N3. The second kappa shape index (κ2) is 5.92. The molecule has 0 aliphatic carbocycles. The van der Waals surface area contributed by atoms with E-state index in [0.29, 0.717) is 16.9 Å². The molecule has 0 saturated carbocycles. The van der Waals surface area contributed by atoms with Crippen molar-refractivity contribution in [1.82, 2.24) is 14.5 Å². The predicted molar refractivity (Wildman–Crippen MR) is 84.6 cm³/mol. The van der Waals surface area contributed by atoms with Crippen LogP contribution >= 0.6 is 23.2 Å². The number of rotatable bonds is 4. The quantitative estimate of drug-likeness (QED) is 0.798. The Bertz CT molecular complexity index is 602. The summed E-state index contributed by atoms with van der Waals surface area (Å²) in [5, 5.41) is 0.696. The Kier molecular flexibility index (Phi) is 4.20. The minimum atomic E-state index is 0.414. The Morgan fingerprint density at radius 3 is 2.75 bits per heavy atom. The molecule has 5 heteroatoms. The maximum absolute atomic E-state index is 6.23. The van der Waals surface area contributed by atoms with E-state index in [-0.39, 0.29) is 0 Å². The SMILES string of the molecule is CC(Cn1c(CCl)nc2c(Cl)cccc21)N1CCCC1. The number of hydrogen-bond donors (Lipinski definition) is 0. The van der Waals surface area contributed by atoms with E-state index in [1.807, 2.05) is 12.1 Å². The number of imidazole rings is 1. The molecule has 0 amide bonds. The van der Waals surface area contributed by atoms with Crippen molar-refractivity contribution in [1.29, 1.82) is 0 Å². The Balaban J connectivity index is 1.95. The molecule has 3 nitrogen and oxygen atoms in total. The molecule has 1 saturated heterocycles. The van der Waals surface area contributed by atoms with Crippen LogP contribution in [0.5, 0.6) is 0 Å². The molecule has 2 aromatic rings. The van der Waals surface area contributed by atoms with Crippen LogP contribution in [0.25, 0.3) is 11.0 Å². The van der Waals surface area contributed by atoms with Gasteiger partial charge in [-0.25, -0.2) is 4.98 Å². The fourth-order valence-corrected chi connectivity index (χ4v) is 3.44. The molecule has 1 aromatic heterocycles. The first-order valence-corrected chi connectivity index (χ1v) is 8.05. The topological polar surface area (TPSA) is 21.1 Å². The third-order valence-electron chi connectivity index (χ3n) is 4.14. The molecule has 0 bridgehead atoms. The highest BCUT2D eigenvalue weighted by atomic mass is 35.5. The highest BCUT2D eigenvalue weighted by Gasteiger charge is 2.21. The summed E-state index contributed by atoms with van der Waals surface area (Å²) in [6.07, 6.45) is 2.62. The summed E-state index contributed by atoms with van der Waals surface area (Å²) >= 11 is 12.3. The van der Waals surface area contributed by atoms with Crippen LogP contribution in [0.15, 0.2) is 18.2 Å². The van der Waals surface area contributed by atoms with Crippen molar-refractivity contribution < 1.29 is 0 Å². The lowest BCUT2D eigenvalue weighted by molar-refractivity contribution is 0.236. The third kappa shape index (κ3) is 2.54. The summed E-state index contributed by atoms with van der Waals surface area (Å²) in [7, 11) is 0. The molecule has 20 heavy (non-hydrogen) atoms. The first-order valence-electron chi connectivity index (χ1n) is 7.14. The van der Waals surface area contributed by atoms with Gasteiger partial charge in [0.1, 0.15) is 11.3 Å². The summed E-state index contributed by atoms with van der Waals surface area (Å²) < 4.78 is 2.22. The van der Waals surface area contributed by atoms with Crippen LogP contribution in [-0.2, 0) is 12.4 Å². The van der Waals surface area contributed by atoms with Crippen LogP contribution in [0.1, 0.15) is 25.6 Å². The largest absolute Gasteiger partial charge is 0.325 e. The minimum Gasteiger partial charge on any atom is -0.325 e.